The highest BCUT2D eigenvalue weighted by atomic mass is 79.9. The maximum Gasteiger partial charge on any atom is 0.224 e. The van der Waals surface area contributed by atoms with E-state index in [4.69, 9.17) is 0 Å². The van der Waals surface area contributed by atoms with Crippen molar-refractivity contribution in [2.45, 2.75) is 44.6 Å². The van der Waals surface area contributed by atoms with Gasteiger partial charge < -0.3 is 5.32 Å². The first-order valence-corrected chi connectivity index (χ1v) is 8.82. The van der Waals surface area contributed by atoms with E-state index in [1.165, 1.54) is 17.5 Å². The Bertz CT molecular complexity index is 502. The van der Waals surface area contributed by atoms with Crippen molar-refractivity contribution in [2.24, 2.45) is 11.8 Å². The summed E-state index contributed by atoms with van der Waals surface area (Å²) in [6.07, 6.45) is 4.34. The van der Waals surface area contributed by atoms with E-state index in [-0.39, 0.29) is 11.8 Å². The summed E-state index contributed by atoms with van der Waals surface area (Å²) in [6, 6.07) is 8.97. The second-order valence-corrected chi connectivity index (χ2v) is 6.84. The molecule has 1 aromatic rings. The number of fused-ring (bicyclic) bond motifs is 3. The van der Waals surface area contributed by atoms with Gasteiger partial charge in [0.1, 0.15) is 0 Å². The minimum atomic E-state index is 0.225. The van der Waals surface area contributed by atoms with Crippen LogP contribution in [-0.4, -0.2) is 17.3 Å². The van der Waals surface area contributed by atoms with Gasteiger partial charge in [0.15, 0.2) is 0 Å². The highest BCUT2D eigenvalue weighted by molar-refractivity contribution is 9.09. The maximum atomic E-state index is 12.5. The van der Waals surface area contributed by atoms with Crippen molar-refractivity contribution in [2.75, 3.05) is 5.33 Å². The molecule has 4 unspecified atom stereocenters. The van der Waals surface area contributed by atoms with Crippen LogP contribution in [0.5, 0.6) is 0 Å². The predicted molar refractivity (Wildman–Crippen MR) is 85.1 cm³/mol. The molecular weight excluding hydrogens is 314 g/mol. The zero-order valence-electron chi connectivity index (χ0n) is 11.9. The van der Waals surface area contributed by atoms with Gasteiger partial charge in [0.2, 0.25) is 5.91 Å². The predicted octanol–water partition coefficient (Wildman–Crippen LogP) is 3.64. The quantitative estimate of drug-likeness (QED) is 0.817. The van der Waals surface area contributed by atoms with Crippen LogP contribution in [-0.2, 0) is 11.2 Å². The monoisotopic (exact) mass is 335 g/mol. The number of rotatable bonds is 5. The smallest absolute Gasteiger partial charge is 0.224 e. The standard InChI is InChI=1S/C17H22BrNO/c1-2-12(9-10-18)19-17(20)16-14-8-7-11-5-3-4-6-13(11)15(14)16/h3-6,12,14-16H,2,7-10H2,1H3,(H,19,20). The summed E-state index contributed by atoms with van der Waals surface area (Å²) in [7, 11) is 0. The van der Waals surface area contributed by atoms with E-state index in [2.05, 4.69) is 52.4 Å². The van der Waals surface area contributed by atoms with Gasteiger partial charge in [-0.1, -0.05) is 47.1 Å². The molecular formula is C17H22BrNO. The Balaban J connectivity index is 1.68. The first-order chi connectivity index (χ1) is 9.76. The molecule has 3 rings (SSSR count). The van der Waals surface area contributed by atoms with Crippen molar-refractivity contribution in [1.82, 2.24) is 5.32 Å². The number of nitrogens with one attached hydrogen (secondary N) is 1. The molecule has 0 spiro atoms. The van der Waals surface area contributed by atoms with Gasteiger partial charge in [0.25, 0.3) is 0 Å². The summed E-state index contributed by atoms with van der Waals surface area (Å²) in [6.45, 7) is 2.14. The number of carbonyl (C=O) groups excluding carboxylic acids is 1. The van der Waals surface area contributed by atoms with E-state index in [0.717, 1.165) is 24.6 Å². The highest BCUT2D eigenvalue weighted by Gasteiger charge is 2.56. The van der Waals surface area contributed by atoms with Crippen molar-refractivity contribution >= 4 is 21.8 Å². The van der Waals surface area contributed by atoms with Crippen LogP contribution >= 0.6 is 15.9 Å². The third-order valence-electron chi connectivity index (χ3n) is 4.93. The molecule has 3 heteroatoms. The van der Waals surface area contributed by atoms with Crippen LogP contribution in [0.1, 0.15) is 43.2 Å². The second-order valence-electron chi connectivity index (χ2n) is 6.04. The average Bonchev–Trinajstić information content (AvgIpc) is 3.21. The zero-order chi connectivity index (χ0) is 14.1. The maximum absolute atomic E-state index is 12.5. The molecule has 0 aliphatic heterocycles. The van der Waals surface area contributed by atoms with E-state index < -0.39 is 0 Å². The fourth-order valence-electron chi connectivity index (χ4n) is 3.73. The van der Waals surface area contributed by atoms with Gasteiger partial charge in [0, 0.05) is 17.3 Å². The SMILES string of the molecule is CCC(CCBr)NC(=O)C1C2CCc3ccccc3C21. The number of halogens is 1. The zero-order valence-corrected chi connectivity index (χ0v) is 13.5. The summed E-state index contributed by atoms with van der Waals surface area (Å²) in [5.41, 5.74) is 2.88. The first kappa shape index (κ1) is 14.1. The van der Waals surface area contributed by atoms with E-state index >= 15 is 0 Å². The molecule has 2 nitrogen and oxygen atoms in total. The molecule has 0 saturated heterocycles. The van der Waals surface area contributed by atoms with Crippen LogP contribution in [0.2, 0.25) is 0 Å². The largest absolute Gasteiger partial charge is 0.353 e. The summed E-state index contributed by atoms with van der Waals surface area (Å²) >= 11 is 3.46. The van der Waals surface area contributed by atoms with Gasteiger partial charge >= 0.3 is 0 Å². The number of carbonyl (C=O) groups is 1. The Kier molecular flexibility index (Phi) is 4.16. The normalized spacial score (nSPS) is 28.2. The topological polar surface area (TPSA) is 29.1 Å². The van der Waals surface area contributed by atoms with Crippen molar-refractivity contribution in [3.8, 4) is 0 Å². The Morgan fingerprint density at radius 2 is 2.25 bits per heavy atom. The third-order valence-corrected chi connectivity index (χ3v) is 5.39. The number of aryl methyl sites for hydroxylation is 1. The lowest BCUT2D eigenvalue weighted by atomic mass is 9.92. The van der Waals surface area contributed by atoms with Gasteiger partial charge in [-0.25, -0.2) is 0 Å². The molecule has 1 fully saturated rings. The van der Waals surface area contributed by atoms with Crippen LogP contribution in [0.3, 0.4) is 0 Å². The lowest BCUT2D eigenvalue weighted by molar-refractivity contribution is -0.123. The van der Waals surface area contributed by atoms with Crippen molar-refractivity contribution in [3.63, 3.8) is 0 Å². The first-order valence-electron chi connectivity index (χ1n) is 7.70. The summed E-state index contributed by atoms with van der Waals surface area (Å²) < 4.78 is 0. The van der Waals surface area contributed by atoms with Crippen molar-refractivity contribution < 1.29 is 4.79 Å². The number of amides is 1. The van der Waals surface area contributed by atoms with Crippen LogP contribution < -0.4 is 5.32 Å². The molecule has 0 radical (unpaired) electrons. The van der Waals surface area contributed by atoms with Crippen molar-refractivity contribution in [1.29, 1.82) is 0 Å². The molecule has 1 aromatic carbocycles. The van der Waals surface area contributed by atoms with Crippen LogP contribution in [0.25, 0.3) is 0 Å². The fraction of sp³-hybridized carbons (Fsp3) is 0.588. The minimum absolute atomic E-state index is 0.225. The molecule has 108 valence electrons. The minimum Gasteiger partial charge on any atom is -0.353 e. The molecule has 1 amide bonds. The molecule has 0 bridgehead atoms. The molecule has 1 N–H and O–H groups in total. The second kappa shape index (κ2) is 5.88. The molecule has 4 atom stereocenters. The molecule has 0 aromatic heterocycles. The van der Waals surface area contributed by atoms with Gasteiger partial charge in [-0.3, -0.25) is 4.79 Å². The van der Waals surface area contributed by atoms with E-state index in [1.807, 2.05) is 0 Å². The number of hydrogen-bond acceptors (Lipinski definition) is 1. The number of alkyl halides is 1. The molecule has 20 heavy (non-hydrogen) atoms. The van der Waals surface area contributed by atoms with E-state index in [9.17, 15) is 4.79 Å². The fourth-order valence-corrected chi connectivity index (χ4v) is 4.28. The summed E-state index contributed by atoms with van der Waals surface area (Å²) in [4.78, 5) is 12.5. The summed E-state index contributed by atoms with van der Waals surface area (Å²) in [5.74, 6) is 1.58. The van der Waals surface area contributed by atoms with Crippen LogP contribution in [0.4, 0.5) is 0 Å². The van der Waals surface area contributed by atoms with Crippen LogP contribution in [0, 0.1) is 11.8 Å². The highest BCUT2D eigenvalue weighted by Crippen LogP contribution is 2.59. The van der Waals surface area contributed by atoms with Crippen LogP contribution in [0.15, 0.2) is 24.3 Å². The Morgan fingerprint density at radius 1 is 1.45 bits per heavy atom. The third kappa shape index (κ3) is 2.52. The number of benzene rings is 1. The lowest BCUT2D eigenvalue weighted by Crippen LogP contribution is -2.36. The Morgan fingerprint density at radius 3 is 3.00 bits per heavy atom. The molecule has 2 aliphatic rings. The van der Waals surface area contributed by atoms with Gasteiger partial charge in [0.05, 0.1) is 0 Å². The van der Waals surface area contributed by atoms with Crippen molar-refractivity contribution in [3.05, 3.63) is 35.4 Å². The van der Waals surface area contributed by atoms with E-state index in [1.54, 1.807) is 0 Å². The van der Waals surface area contributed by atoms with Gasteiger partial charge in [-0.2, -0.15) is 0 Å². The Labute approximate surface area is 129 Å². The average molecular weight is 336 g/mol. The molecule has 0 heterocycles. The van der Waals surface area contributed by atoms with Gasteiger partial charge in [-0.05, 0) is 48.6 Å². The lowest BCUT2D eigenvalue weighted by Gasteiger charge is -2.15. The van der Waals surface area contributed by atoms with Gasteiger partial charge in [-0.15, -0.1) is 0 Å². The molecule has 2 aliphatic carbocycles. The molecule has 1 saturated carbocycles. The summed E-state index contributed by atoms with van der Waals surface area (Å²) in [5, 5.41) is 4.20. The van der Waals surface area contributed by atoms with E-state index in [0.29, 0.717) is 17.9 Å². The Hall–Kier alpha value is -0.830. The number of hydrogen-bond donors (Lipinski definition) is 1.